The predicted molar refractivity (Wildman–Crippen MR) is 54.9 cm³/mol. The number of rotatable bonds is 4. The van der Waals surface area contributed by atoms with Gasteiger partial charge in [0.1, 0.15) is 0 Å². The number of nitrogens with zero attached hydrogens (tertiary/aromatic N) is 3. The third-order valence-electron chi connectivity index (χ3n) is 2.02. The number of hydrogen-bond donors (Lipinski definition) is 1. The van der Waals surface area contributed by atoms with Gasteiger partial charge in [-0.25, -0.2) is 4.98 Å². The third kappa shape index (κ3) is 2.21. The van der Waals surface area contributed by atoms with Crippen molar-refractivity contribution in [1.29, 1.82) is 0 Å². The molecule has 0 fully saturated rings. The van der Waals surface area contributed by atoms with Gasteiger partial charge in [0, 0.05) is 27.7 Å². The number of anilines is 1. The van der Waals surface area contributed by atoms with Crippen molar-refractivity contribution in [3.63, 3.8) is 0 Å². The monoisotopic (exact) mass is 182 g/mol. The average Bonchev–Trinajstić information content (AvgIpc) is 2.43. The molecule has 0 spiro atoms. The molecule has 4 nitrogen and oxygen atoms in total. The van der Waals surface area contributed by atoms with E-state index in [1.165, 1.54) is 5.69 Å². The van der Waals surface area contributed by atoms with Gasteiger partial charge in [-0.05, 0) is 6.54 Å². The van der Waals surface area contributed by atoms with E-state index in [-0.39, 0.29) is 0 Å². The van der Waals surface area contributed by atoms with E-state index in [0.717, 1.165) is 19.0 Å². The van der Waals surface area contributed by atoms with E-state index < -0.39 is 0 Å². The first-order valence-corrected chi connectivity index (χ1v) is 4.55. The summed E-state index contributed by atoms with van der Waals surface area (Å²) in [4.78, 5) is 6.33. The van der Waals surface area contributed by atoms with Gasteiger partial charge in [-0.3, -0.25) is 0 Å². The van der Waals surface area contributed by atoms with Crippen molar-refractivity contribution in [2.45, 2.75) is 13.5 Å². The Labute approximate surface area is 79.6 Å². The Morgan fingerprint density at radius 3 is 2.69 bits per heavy atom. The molecular formula is C9H18N4. The molecule has 0 amide bonds. The smallest absolute Gasteiger partial charge is 0.204 e. The van der Waals surface area contributed by atoms with Gasteiger partial charge >= 0.3 is 0 Å². The molecule has 0 aliphatic rings. The SMILES string of the molecule is CCNCc1cnc(N(C)C)n1C. The summed E-state index contributed by atoms with van der Waals surface area (Å²) in [6.07, 6.45) is 1.91. The van der Waals surface area contributed by atoms with Gasteiger partial charge in [0.2, 0.25) is 5.95 Å². The summed E-state index contributed by atoms with van der Waals surface area (Å²) < 4.78 is 2.10. The lowest BCUT2D eigenvalue weighted by Crippen LogP contribution is -2.17. The van der Waals surface area contributed by atoms with E-state index in [0.29, 0.717) is 0 Å². The first-order valence-electron chi connectivity index (χ1n) is 4.55. The van der Waals surface area contributed by atoms with Gasteiger partial charge in [-0.2, -0.15) is 0 Å². The van der Waals surface area contributed by atoms with Gasteiger partial charge in [-0.15, -0.1) is 0 Å². The Morgan fingerprint density at radius 2 is 2.23 bits per heavy atom. The van der Waals surface area contributed by atoms with Crippen molar-refractivity contribution in [2.24, 2.45) is 7.05 Å². The predicted octanol–water partition coefficient (Wildman–Crippen LogP) is 0.596. The normalized spacial score (nSPS) is 10.5. The zero-order valence-corrected chi connectivity index (χ0v) is 8.83. The van der Waals surface area contributed by atoms with Crippen LogP contribution in [0.3, 0.4) is 0 Å². The Kier molecular flexibility index (Phi) is 3.31. The fraction of sp³-hybridized carbons (Fsp3) is 0.667. The minimum Gasteiger partial charge on any atom is -0.348 e. The Hall–Kier alpha value is -1.03. The van der Waals surface area contributed by atoms with E-state index in [4.69, 9.17) is 0 Å². The molecule has 0 saturated carbocycles. The molecule has 0 saturated heterocycles. The molecule has 74 valence electrons. The van der Waals surface area contributed by atoms with Crippen LogP contribution in [0.4, 0.5) is 5.95 Å². The van der Waals surface area contributed by atoms with Crippen LogP contribution in [-0.2, 0) is 13.6 Å². The van der Waals surface area contributed by atoms with E-state index in [1.807, 2.05) is 32.2 Å². The zero-order chi connectivity index (χ0) is 9.84. The lowest BCUT2D eigenvalue weighted by Gasteiger charge is -2.12. The summed E-state index contributed by atoms with van der Waals surface area (Å²) in [5.41, 5.74) is 1.21. The van der Waals surface area contributed by atoms with Crippen molar-refractivity contribution in [3.05, 3.63) is 11.9 Å². The van der Waals surface area contributed by atoms with Crippen LogP contribution in [0, 0.1) is 0 Å². The maximum Gasteiger partial charge on any atom is 0.204 e. The number of imidazole rings is 1. The van der Waals surface area contributed by atoms with Gasteiger partial charge in [0.15, 0.2) is 0 Å². The number of aromatic nitrogens is 2. The molecular weight excluding hydrogens is 164 g/mol. The molecule has 0 aliphatic carbocycles. The largest absolute Gasteiger partial charge is 0.348 e. The summed E-state index contributed by atoms with van der Waals surface area (Å²) >= 11 is 0. The second kappa shape index (κ2) is 4.28. The molecule has 0 aromatic carbocycles. The molecule has 13 heavy (non-hydrogen) atoms. The fourth-order valence-corrected chi connectivity index (χ4v) is 1.27. The van der Waals surface area contributed by atoms with Crippen LogP contribution in [0.5, 0.6) is 0 Å². The minimum atomic E-state index is 0.883. The van der Waals surface area contributed by atoms with Crippen LogP contribution in [0.1, 0.15) is 12.6 Å². The third-order valence-corrected chi connectivity index (χ3v) is 2.02. The lowest BCUT2D eigenvalue weighted by atomic mass is 10.4. The van der Waals surface area contributed by atoms with Gasteiger partial charge in [-0.1, -0.05) is 6.92 Å². The Balaban J connectivity index is 2.74. The first kappa shape index (κ1) is 10.1. The molecule has 1 N–H and O–H groups in total. The van der Waals surface area contributed by atoms with Gasteiger partial charge < -0.3 is 14.8 Å². The van der Waals surface area contributed by atoms with Crippen LogP contribution in [0.15, 0.2) is 6.20 Å². The topological polar surface area (TPSA) is 33.1 Å². The van der Waals surface area contributed by atoms with Crippen LogP contribution in [0.25, 0.3) is 0 Å². The molecule has 1 aromatic rings. The summed E-state index contributed by atoms with van der Waals surface area (Å²) in [7, 11) is 6.04. The fourth-order valence-electron chi connectivity index (χ4n) is 1.27. The molecule has 1 heterocycles. The molecule has 0 radical (unpaired) electrons. The van der Waals surface area contributed by atoms with E-state index >= 15 is 0 Å². The van der Waals surface area contributed by atoms with Gasteiger partial charge in [0.05, 0.1) is 11.9 Å². The van der Waals surface area contributed by atoms with Crippen LogP contribution < -0.4 is 10.2 Å². The van der Waals surface area contributed by atoms with Crippen LogP contribution >= 0.6 is 0 Å². The molecule has 0 aliphatic heterocycles. The van der Waals surface area contributed by atoms with E-state index in [9.17, 15) is 0 Å². The Morgan fingerprint density at radius 1 is 1.54 bits per heavy atom. The maximum absolute atomic E-state index is 4.32. The highest BCUT2D eigenvalue weighted by molar-refractivity contribution is 5.30. The van der Waals surface area contributed by atoms with Gasteiger partial charge in [0.25, 0.3) is 0 Å². The number of hydrogen-bond acceptors (Lipinski definition) is 3. The molecule has 4 heteroatoms. The molecule has 1 aromatic heterocycles. The highest BCUT2D eigenvalue weighted by Gasteiger charge is 2.06. The van der Waals surface area contributed by atoms with Crippen molar-refractivity contribution >= 4 is 5.95 Å². The standard InChI is InChI=1S/C9H18N4/c1-5-10-6-8-7-11-9(12(2)3)13(8)4/h7,10H,5-6H2,1-4H3. The van der Waals surface area contributed by atoms with Crippen LogP contribution in [0.2, 0.25) is 0 Å². The van der Waals surface area contributed by atoms with Crippen molar-refractivity contribution in [1.82, 2.24) is 14.9 Å². The highest BCUT2D eigenvalue weighted by atomic mass is 15.3. The number of nitrogens with one attached hydrogen (secondary N) is 1. The zero-order valence-electron chi connectivity index (χ0n) is 8.83. The minimum absolute atomic E-state index is 0.883. The average molecular weight is 182 g/mol. The van der Waals surface area contributed by atoms with Crippen molar-refractivity contribution in [3.8, 4) is 0 Å². The van der Waals surface area contributed by atoms with E-state index in [2.05, 4.69) is 21.8 Å². The van der Waals surface area contributed by atoms with Crippen molar-refractivity contribution < 1.29 is 0 Å². The summed E-state index contributed by atoms with van der Waals surface area (Å²) in [5.74, 6) is 0.993. The first-order chi connectivity index (χ1) is 6.16. The molecule has 0 atom stereocenters. The maximum atomic E-state index is 4.32. The summed E-state index contributed by atoms with van der Waals surface area (Å²) in [6.45, 7) is 3.97. The molecule has 0 bridgehead atoms. The lowest BCUT2D eigenvalue weighted by molar-refractivity contribution is 0.678. The highest BCUT2D eigenvalue weighted by Crippen LogP contribution is 2.10. The Bertz CT molecular complexity index is 265. The summed E-state index contributed by atoms with van der Waals surface area (Å²) in [5, 5.41) is 3.28. The van der Waals surface area contributed by atoms with Crippen molar-refractivity contribution in [2.75, 3.05) is 25.5 Å². The quantitative estimate of drug-likeness (QED) is 0.740. The van der Waals surface area contributed by atoms with E-state index in [1.54, 1.807) is 0 Å². The molecule has 1 rings (SSSR count). The second-order valence-corrected chi connectivity index (χ2v) is 3.28. The van der Waals surface area contributed by atoms with Crippen LogP contribution in [-0.4, -0.2) is 30.2 Å². The second-order valence-electron chi connectivity index (χ2n) is 3.28. The molecule has 0 unspecified atom stereocenters. The summed E-state index contributed by atoms with van der Waals surface area (Å²) in [6, 6.07) is 0.